The molecular formula is C13H17N3O. The molecule has 0 aliphatic rings. The molecule has 1 N–H and O–H groups in total. The van der Waals surface area contributed by atoms with Crippen molar-refractivity contribution in [3.8, 4) is 0 Å². The van der Waals surface area contributed by atoms with Crippen molar-refractivity contribution in [1.29, 1.82) is 0 Å². The lowest BCUT2D eigenvalue weighted by atomic mass is 10.1. The minimum atomic E-state index is -0.0695. The normalized spacial score (nSPS) is 11.0. The molecule has 0 spiro atoms. The highest BCUT2D eigenvalue weighted by atomic mass is 16.1. The lowest BCUT2D eigenvalue weighted by molar-refractivity contribution is 0.588. The number of nitrogens with one attached hydrogen (secondary N) is 1. The van der Waals surface area contributed by atoms with Gasteiger partial charge in [-0.2, -0.15) is 0 Å². The van der Waals surface area contributed by atoms with Gasteiger partial charge in [-0.05, 0) is 30.5 Å². The van der Waals surface area contributed by atoms with E-state index in [1.54, 1.807) is 18.3 Å². The van der Waals surface area contributed by atoms with Crippen LogP contribution in [0.15, 0.2) is 35.3 Å². The second-order valence-electron chi connectivity index (χ2n) is 4.51. The molecule has 2 heterocycles. The Balaban J connectivity index is 2.31. The minimum Gasteiger partial charge on any atom is -0.321 e. The van der Waals surface area contributed by atoms with E-state index in [4.69, 9.17) is 0 Å². The van der Waals surface area contributed by atoms with Crippen molar-refractivity contribution in [2.24, 2.45) is 5.92 Å². The van der Waals surface area contributed by atoms with Crippen molar-refractivity contribution in [3.63, 3.8) is 0 Å². The van der Waals surface area contributed by atoms with E-state index in [0.29, 0.717) is 11.6 Å². The van der Waals surface area contributed by atoms with Gasteiger partial charge in [0.15, 0.2) is 5.65 Å². The summed E-state index contributed by atoms with van der Waals surface area (Å²) < 4.78 is 1.53. The zero-order chi connectivity index (χ0) is 12.3. The smallest absolute Gasteiger partial charge is 0.270 e. The number of fused-ring (bicyclic) bond motifs is 1. The van der Waals surface area contributed by atoms with E-state index in [2.05, 4.69) is 24.3 Å². The molecule has 0 radical (unpaired) electrons. The monoisotopic (exact) mass is 231 g/mol. The molecule has 0 aliphatic heterocycles. The molecule has 0 atom stereocenters. The topological polar surface area (TPSA) is 46.9 Å². The predicted octanol–water partition coefficient (Wildman–Crippen LogP) is 1.99. The van der Waals surface area contributed by atoms with Gasteiger partial charge in [-0.15, -0.1) is 0 Å². The first-order chi connectivity index (χ1) is 8.18. The maximum Gasteiger partial charge on any atom is 0.270 e. The quantitative estimate of drug-likeness (QED) is 0.875. The van der Waals surface area contributed by atoms with Crippen LogP contribution in [0.5, 0.6) is 0 Å². The lowest BCUT2D eigenvalue weighted by Crippen LogP contribution is -2.30. The molecule has 0 fully saturated rings. The number of hydrogen-bond donors (Lipinski definition) is 1. The fourth-order valence-corrected chi connectivity index (χ4v) is 1.68. The Labute approximate surface area is 100 Å². The van der Waals surface area contributed by atoms with Gasteiger partial charge in [0.05, 0.1) is 0 Å². The van der Waals surface area contributed by atoms with Crippen molar-refractivity contribution < 1.29 is 0 Å². The van der Waals surface area contributed by atoms with Crippen LogP contribution in [-0.2, 0) is 0 Å². The molecular weight excluding hydrogens is 214 g/mol. The van der Waals surface area contributed by atoms with Gasteiger partial charge >= 0.3 is 0 Å². The molecule has 0 bridgehead atoms. The fraction of sp³-hybridized carbons (Fsp3) is 0.385. The summed E-state index contributed by atoms with van der Waals surface area (Å²) in [7, 11) is 0. The molecule has 0 aromatic carbocycles. The third kappa shape index (κ3) is 2.64. The molecule has 4 heteroatoms. The van der Waals surface area contributed by atoms with E-state index >= 15 is 0 Å². The number of nitrogens with zero attached hydrogens (tertiary/aromatic N) is 2. The van der Waals surface area contributed by atoms with Crippen molar-refractivity contribution in [2.45, 2.75) is 20.3 Å². The number of rotatable bonds is 4. The van der Waals surface area contributed by atoms with E-state index in [1.165, 1.54) is 4.68 Å². The summed E-state index contributed by atoms with van der Waals surface area (Å²) in [6.45, 7) is 5.09. The minimum absolute atomic E-state index is 0.0695. The number of hydrogen-bond acceptors (Lipinski definition) is 3. The molecule has 0 unspecified atom stereocenters. The largest absolute Gasteiger partial charge is 0.321 e. The van der Waals surface area contributed by atoms with Gasteiger partial charge in [0.1, 0.15) is 0 Å². The molecule has 4 nitrogen and oxygen atoms in total. The molecule has 2 aromatic heterocycles. The Morgan fingerprint density at radius 1 is 1.35 bits per heavy atom. The highest BCUT2D eigenvalue weighted by Crippen LogP contribution is 2.06. The molecule has 2 aromatic rings. The van der Waals surface area contributed by atoms with Crippen LogP contribution in [-0.4, -0.2) is 16.2 Å². The van der Waals surface area contributed by atoms with Gasteiger partial charge in [0, 0.05) is 24.2 Å². The highest BCUT2D eigenvalue weighted by Gasteiger charge is 2.03. The van der Waals surface area contributed by atoms with E-state index in [0.717, 1.165) is 18.4 Å². The van der Waals surface area contributed by atoms with E-state index in [1.807, 2.05) is 12.1 Å². The Hall–Kier alpha value is -1.84. The average Bonchev–Trinajstić information content (AvgIpc) is 2.32. The molecule has 2 rings (SSSR count). The Morgan fingerprint density at radius 2 is 2.18 bits per heavy atom. The summed E-state index contributed by atoms with van der Waals surface area (Å²) >= 11 is 0. The number of pyridine rings is 2. The van der Waals surface area contributed by atoms with Crippen molar-refractivity contribution in [3.05, 3.63) is 40.8 Å². The summed E-state index contributed by atoms with van der Waals surface area (Å²) in [5, 5.41) is 0.962. The molecule has 17 heavy (non-hydrogen) atoms. The van der Waals surface area contributed by atoms with Gasteiger partial charge in [-0.25, -0.2) is 9.66 Å². The van der Waals surface area contributed by atoms with Crippen molar-refractivity contribution in [1.82, 2.24) is 9.66 Å². The average molecular weight is 231 g/mol. The standard InChI is InChI=1S/C13H17N3O/c1-10(2)7-9-15-16-12(17)6-5-11-4-3-8-14-13(11)16/h3-6,8,10,15H,7,9H2,1-2H3. The summed E-state index contributed by atoms with van der Waals surface area (Å²) in [4.78, 5) is 16.0. The molecule has 0 amide bonds. The fourth-order valence-electron chi connectivity index (χ4n) is 1.68. The molecule has 0 aliphatic carbocycles. The van der Waals surface area contributed by atoms with Crippen LogP contribution in [0.25, 0.3) is 11.0 Å². The van der Waals surface area contributed by atoms with Crippen LogP contribution in [0, 0.1) is 5.92 Å². The van der Waals surface area contributed by atoms with Crippen LogP contribution < -0.4 is 11.0 Å². The first kappa shape index (κ1) is 11.6. The predicted molar refractivity (Wildman–Crippen MR) is 69.7 cm³/mol. The van der Waals surface area contributed by atoms with E-state index in [9.17, 15) is 4.79 Å². The zero-order valence-corrected chi connectivity index (χ0v) is 10.2. The molecule has 0 saturated carbocycles. The van der Waals surface area contributed by atoms with Gasteiger partial charge in [-0.3, -0.25) is 4.79 Å². The van der Waals surface area contributed by atoms with Gasteiger partial charge < -0.3 is 5.43 Å². The summed E-state index contributed by atoms with van der Waals surface area (Å²) in [6, 6.07) is 7.17. The van der Waals surface area contributed by atoms with E-state index < -0.39 is 0 Å². The third-order valence-corrected chi connectivity index (χ3v) is 2.65. The summed E-state index contributed by atoms with van der Waals surface area (Å²) in [5.74, 6) is 0.612. The second kappa shape index (κ2) is 4.99. The molecule has 0 saturated heterocycles. The third-order valence-electron chi connectivity index (χ3n) is 2.65. The van der Waals surface area contributed by atoms with Crippen LogP contribution in [0.4, 0.5) is 0 Å². The Kier molecular flexibility index (Phi) is 3.42. The maximum absolute atomic E-state index is 11.8. The van der Waals surface area contributed by atoms with Gasteiger partial charge in [0.25, 0.3) is 5.56 Å². The first-order valence-corrected chi connectivity index (χ1v) is 5.89. The van der Waals surface area contributed by atoms with E-state index in [-0.39, 0.29) is 5.56 Å². The first-order valence-electron chi connectivity index (χ1n) is 5.89. The molecule has 90 valence electrons. The van der Waals surface area contributed by atoms with Crippen LogP contribution in [0.2, 0.25) is 0 Å². The second-order valence-corrected chi connectivity index (χ2v) is 4.51. The van der Waals surface area contributed by atoms with Crippen LogP contribution in [0.1, 0.15) is 20.3 Å². The summed E-state index contributed by atoms with van der Waals surface area (Å²) in [5.41, 5.74) is 3.74. The van der Waals surface area contributed by atoms with Gasteiger partial charge in [0.2, 0.25) is 0 Å². The van der Waals surface area contributed by atoms with Crippen molar-refractivity contribution >= 4 is 11.0 Å². The Bertz CT molecular complexity index is 560. The zero-order valence-electron chi connectivity index (χ0n) is 10.2. The highest BCUT2D eigenvalue weighted by molar-refractivity contribution is 5.74. The van der Waals surface area contributed by atoms with Crippen molar-refractivity contribution in [2.75, 3.05) is 12.0 Å². The van der Waals surface area contributed by atoms with Crippen LogP contribution in [0.3, 0.4) is 0 Å². The SMILES string of the molecule is CC(C)CCNn1c(=O)ccc2cccnc21. The maximum atomic E-state index is 11.8. The van der Waals surface area contributed by atoms with Gasteiger partial charge in [-0.1, -0.05) is 13.8 Å². The summed E-state index contributed by atoms with van der Waals surface area (Å²) in [6.07, 6.45) is 2.72. The number of aromatic nitrogens is 2. The van der Waals surface area contributed by atoms with Crippen LogP contribution >= 0.6 is 0 Å². The lowest BCUT2D eigenvalue weighted by Gasteiger charge is -2.12. The Morgan fingerprint density at radius 3 is 2.94 bits per heavy atom.